The van der Waals surface area contributed by atoms with Crippen molar-refractivity contribution < 1.29 is 9.18 Å². The zero-order chi connectivity index (χ0) is 13.1. The first-order valence-electron chi connectivity index (χ1n) is 4.95. The van der Waals surface area contributed by atoms with Gasteiger partial charge in [0.1, 0.15) is 11.0 Å². The number of nitrogens with one attached hydrogen (secondary N) is 1. The molecule has 1 aromatic carbocycles. The van der Waals surface area contributed by atoms with Gasteiger partial charge in [0.25, 0.3) is 5.91 Å². The molecule has 3 nitrogen and oxygen atoms in total. The third-order valence-electron chi connectivity index (χ3n) is 2.17. The summed E-state index contributed by atoms with van der Waals surface area (Å²) in [7, 11) is 0. The quantitative estimate of drug-likeness (QED) is 0.849. The Balaban J connectivity index is 2.28. The van der Waals surface area contributed by atoms with Gasteiger partial charge in [0.15, 0.2) is 0 Å². The van der Waals surface area contributed by atoms with Gasteiger partial charge < -0.3 is 5.32 Å². The van der Waals surface area contributed by atoms with E-state index in [2.05, 4.69) is 26.2 Å². The van der Waals surface area contributed by atoms with E-state index < -0.39 is 11.7 Å². The van der Waals surface area contributed by atoms with E-state index in [-0.39, 0.29) is 10.7 Å². The molecular weight excluding hydrogens is 322 g/mol. The molecule has 0 spiro atoms. The normalized spacial score (nSPS) is 10.2. The number of aromatic nitrogens is 1. The molecule has 1 amide bonds. The fourth-order valence-corrected chi connectivity index (χ4v) is 2.08. The number of carbonyl (C=O) groups excluding carboxylic acids is 1. The summed E-state index contributed by atoms with van der Waals surface area (Å²) in [6.07, 6.45) is 1.45. The molecule has 92 valence electrons. The summed E-state index contributed by atoms with van der Waals surface area (Å²) in [6.45, 7) is 0. The minimum atomic E-state index is -0.595. The fourth-order valence-electron chi connectivity index (χ4n) is 1.39. The van der Waals surface area contributed by atoms with Gasteiger partial charge in [-0.2, -0.15) is 0 Å². The van der Waals surface area contributed by atoms with Gasteiger partial charge in [-0.15, -0.1) is 0 Å². The minimum absolute atomic E-state index is 0.0505. The lowest BCUT2D eigenvalue weighted by atomic mass is 10.2. The highest BCUT2D eigenvalue weighted by Crippen LogP contribution is 2.21. The summed E-state index contributed by atoms with van der Waals surface area (Å²) in [6, 6.07) is 7.38. The van der Waals surface area contributed by atoms with Crippen LogP contribution in [-0.2, 0) is 0 Å². The van der Waals surface area contributed by atoms with E-state index in [0.717, 1.165) is 0 Å². The van der Waals surface area contributed by atoms with Crippen molar-refractivity contribution in [3.63, 3.8) is 0 Å². The summed E-state index contributed by atoms with van der Waals surface area (Å²) in [5.41, 5.74) is 0.403. The SMILES string of the molecule is O=C(Nc1ccnc(Cl)c1)c1c(F)cccc1Br. The van der Waals surface area contributed by atoms with Gasteiger partial charge >= 0.3 is 0 Å². The number of rotatable bonds is 2. The van der Waals surface area contributed by atoms with Crippen molar-refractivity contribution in [3.8, 4) is 0 Å². The van der Waals surface area contributed by atoms with Crippen LogP contribution in [0, 0.1) is 5.82 Å². The van der Waals surface area contributed by atoms with Gasteiger partial charge in [-0.05, 0) is 40.2 Å². The van der Waals surface area contributed by atoms with Crippen LogP contribution in [0.4, 0.5) is 10.1 Å². The van der Waals surface area contributed by atoms with Crippen LogP contribution in [0.15, 0.2) is 41.0 Å². The lowest BCUT2D eigenvalue weighted by molar-refractivity contribution is 0.102. The number of hydrogen-bond acceptors (Lipinski definition) is 2. The highest BCUT2D eigenvalue weighted by molar-refractivity contribution is 9.10. The van der Waals surface area contributed by atoms with E-state index in [0.29, 0.717) is 10.2 Å². The van der Waals surface area contributed by atoms with Crippen LogP contribution in [0.25, 0.3) is 0 Å². The Morgan fingerprint density at radius 3 is 2.83 bits per heavy atom. The molecule has 0 atom stereocenters. The number of benzene rings is 1. The molecule has 0 aliphatic heterocycles. The Morgan fingerprint density at radius 2 is 2.17 bits per heavy atom. The zero-order valence-electron chi connectivity index (χ0n) is 8.95. The molecule has 0 saturated heterocycles. The first kappa shape index (κ1) is 13.0. The van der Waals surface area contributed by atoms with Crippen LogP contribution in [0.2, 0.25) is 5.15 Å². The number of anilines is 1. The standard InChI is InChI=1S/C12H7BrClFN2O/c13-8-2-1-3-9(15)11(8)12(18)17-7-4-5-16-10(14)6-7/h1-6H,(H,16,17,18). The first-order chi connectivity index (χ1) is 8.58. The molecule has 1 N–H and O–H groups in total. The molecule has 2 aromatic rings. The van der Waals surface area contributed by atoms with Crippen LogP contribution in [0.3, 0.4) is 0 Å². The van der Waals surface area contributed by atoms with E-state index in [1.54, 1.807) is 12.1 Å². The Hall–Kier alpha value is -1.46. The van der Waals surface area contributed by atoms with E-state index in [9.17, 15) is 9.18 Å². The van der Waals surface area contributed by atoms with Crippen molar-refractivity contribution in [2.45, 2.75) is 0 Å². The van der Waals surface area contributed by atoms with Gasteiger partial charge in [-0.1, -0.05) is 17.7 Å². The van der Waals surface area contributed by atoms with Crippen molar-refractivity contribution in [1.82, 2.24) is 4.98 Å². The highest BCUT2D eigenvalue weighted by Gasteiger charge is 2.15. The maximum absolute atomic E-state index is 13.6. The van der Waals surface area contributed by atoms with Crippen LogP contribution in [-0.4, -0.2) is 10.9 Å². The monoisotopic (exact) mass is 328 g/mol. The van der Waals surface area contributed by atoms with Gasteiger partial charge in [0.2, 0.25) is 0 Å². The molecule has 1 heterocycles. The van der Waals surface area contributed by atoms with E-state index in [1.807, 2.05) is 0 Å². The largest absolute Gasteiger partial charge is 0.322 e. The van der Waals surface area contributed by atoms with E-state index in [1.165, 1.54) is 24.4 Å². The third kappa shape index (κ3) is 2.86. The second-order valence-electron chi connectivity index (χ2n) is 3.42. The van der Waals surface area contributed by atoms with Crippen molar-refractivity contribution in [1.29, 1.82) is 0 Å². The predicted octanol–water partition coefficient (Wildman–Crippen LogP) is 3.89. The van der Waals surface area contributed by atoms with Crippen LogP contribution >= 0.6 is 27.5 Å². The molecule has 2 rings (SSSR count). The number of halogens is 3. The molecule has 0 aliphatic rings. The van der Waals surface area contributed by atoms with Crippen LogP contribution < -0.4 is 5.32 Å². The molecule has 0 unspecified atom stereocenters. The molecule has 0 fully saturated rings. The maximum atomic E-state index is 13.6. The van der Waals surface area contributed by atoms with Gasteiger partial charge in [0, 0.05) is 16.4 Å². The van der Waals surface area contributed by atoms with E-state index in [4.69, 9.17) is 11.6 Å². The molecule has 0 radical (unpaired) electrons. The number of pyridine rings is 1. The summed E-state index contributed by atoms with van der Waals surface area (Å²) in [4.78, 5) is 15.7. The molecule has 0 bridgehead atoms. The minimum Gasteiger partial charge on any atom is -0.322 e. The van der Waals surface area contributed by atoms with Crippen LogP contribution in [0.1, 0.15) is 10.4 Å². The number of amides is 1. The van der Waals surface area contributed by atoms with Gasteiger partial charge in [-0.25, -0.2) is 9.37 Å². The third-order valence-corrected chi connectivity index (χ3v) is 3.04. The number of nitrogens with zero attached hydrogens (tertiary/aromatic N) is 1. The molecule has 6 heteroatoms. The lowest BCUT2D eigenvalue weighted by Gasteiger charge is -2.07. The Morgan fingerprint density at radius 1 is 1.39 bits per heavy atom. The summed E-state index contributed by atoms with van der Waals surface area (Å²) < 4.78 is 13.9. The number of hydrogen-bond donors (Lipinski definition) is 1. The summed E-state index contributed by atoms with van der Waals surface area (Å²) in [5, 5.41) is 2.80. The lowest BCUT2D eigenvalue weighted by Crippen LogP contribution is -2.14. The Bertz CT molecular complexity index is 586. The Kier molecular flexibility index (Phi) is 3.93. The van der Waals surface area contributed by atoms with Gasteiger partial charge in [-0.3, -0.25) is 4.79 Å². The smallest absolute Gasteiger partial charge is 0.259 e. The fraction of sp³-hybridized carbons (Fsp3) is 0. The highest BCUT2D eigenvalue weighted by atomic mass is 79.9. The summed E-state index contributed by atoms with van der Waals surface area (Å²) >= 11 is 8.83. The van der Waals surface area contributed by atoms with Crippen molar-refractivity contribution in [2.24, 2.45) is 0 Å². The summed E-state index contributed by atoms with van der Waals surface area (Å²) in [5.74, 6) is -1.15. The molecule has 18 heavy (non-hydrogen) atoms. The average molecular weight is 330 g/mol. The molecule has 0 aliphatic carbocycles. The van der Waals surface area contributed by atoms with Crippen molar-refractivity contribution in [3.05, 3.63) is 57.5 Å². The Labute approximate surface area is 116 Å². The van der Waals surface area contributed by atoms with E-state index >= 15 is 0 Å². The number of carbonyl (C=O) groups is 1. The van der Waals surface area contributed by atoms with Gasteiger partial charge in [0.05, 0.1) is 5.56 Å². The zero-order valence-corrected chi connectivity index (χ0v) is 11.3. The van der Waals surface area contributed by atoms with Crippen molar-refractivity contribution >= 4 is 39.1 Å². The van der Waals surface area contributed by atoms with Crippen molar-refractivity contribution in [2.75, 3.05) is 5.32 Å². The topological polar surface area (TPSA) is 42.0 Å². The molecule has 0 saturated carbocycles. The second-order valence-corrected chi connectivity index (χ2v) is 4.66. The van der Waals surface area contributed by atoms with Crippen LogP contribution in [0.5, 0.6) is 0 Å². The second kappa shape index (κ2) is 5.46. The molecular formula is C12H7BrClFN2O. The maximum Gasteiger partial charge on any atom is 0.259 e. The predicted molar refractivity (Wildman–Crippen MR) is 71.3 cm³/mol. The average Bonchev–Trinajstić information content (AvgIpc) is 2.28. The molecule has 1 aromatic heterocycles. The first-order valence-corrected chi connectivity index (χ1v) is 6.12.